The number of benzene rings is 2. The summed E-state index contributed by atoms with van der Waals surface area (Å²) in [5.41, 5.74) is 5.36. The number of primary sulfonamides is 1. The average Bonchev–Trinajstić information content (AvgIpc) is 3.43. The fraction of sp³-hybridized carbons (Fsp3) is 0.500. The van der Waals surface area contributed by atoms with E-state index in [9.17, 15) is 8.42 Å². The van der Waals surface area contributed by atoms with E-state index in [0.717, 1.165) is 31.2 Å². The van der Waals surface area contributed by atoms with Crippen LogP contribution in [0.2, 0.25) is 0 Å². The third-order valence-corrected chi connectivity index (χ3v) is 8.56. The van der Waals surface area contributed by atoms with Crippen molar-refractivity contribution in [2.45, 2.75) is 55.7 Å². The zero-order valence-electron chi connectivity index (χ0n) is 16.8. The first-order valence-electron chi connectivity index (χ1n) is 10.9. The zero-order chi connectivity index (χ0) is 20.0. The molecule has 1 saturated heterocycles. The largest absolute Gasteiger partial charge is 0.299 e. The molecule has 0 aromatic heterocycles. The number of sulfonamides is 1. The quantitative estimate of drug-likeness (QED) is 0.762. The van der Waals surface area contributed by atoms with E-state index in [4.69, 9.17) is 5.14 Å². The smallest absolute Gasteiger partial charge is 0.212 e. The molecule has 0 spiro atoms. The van der Waals surface area contributed by atoms with E-state index in [1.54, 1.807) is 0 Å². The molecule has 2 aromatic rings. The first-order chi connectivity index (χ1) is 14.0. The van der Waals surface area contributed by atoms with Gasteiger partial charge in [-0.3, -0.25) is 4.90 Å². The fourth-order valence-corrected chi connectivity index (χ4v) is 6.53. The lowest BCUT2D eigenvalue weighted by Gasteiger charge is -2.39. The van der Waals surface area contributed by atoms with Gasteiger partial charge >= 0.3 is 0 Å². The van der Waals surface area contributed by atoms with Crippen molar-refractivity contribution < 1.29 is 8.42 Å². The Morgan fingerprint density at radius 2 is 1.79 bits per heavy atom. The minimum atomic E-state index is -3.50. The van der Waals surface area contributed by atoms with E-state index in [0.29, 0.717) is 18.4 Å². The molecule has 5 heteroatoms. The normalized spacial score (nSPS) is 25.4. The van der Waals surface area contributed by atoms with Crippen LogP contribution in [0.3, 0.4) is 0 Å². The first kappa shape index (κ1) is 19.3. The van der Waals surface area contributed by atoms with Gasteiger partial charge in [0.25, 0.3) is 0 Å². The maximum Gasteiger partial charge on any atom is 0.212 e. The molecule has 0 radical (unpaired) electrons. The summed E-state index contributed by atoms with van der Waals surface area (Å²) in [5.74, 6) is 0.716. The third-order valence-electron chi connectivity index (χ3n) is 7.17. The molecular formula is C24H30N2O2S. The van der Waals surface area contributed by atoms with Gasteiger partial charge in [0, 0.05) is 12.0 Å². The van der Waals surface area contributed by atoms with Crippen LogP contribution in [-0.4, -0.2) is 37.7 Å². The van der Waals surface area contributed by atoms with Crippen molar-refractivity contribution in [2.75, 3.05) is 13.1 Å². The summed E-state index contributed by atoms with van der Waals surface area (Å²) < 4.78 is 24.2. The Labute approximate surface area is 174 Å². The molecule has 29 heavy (non-hydrogen) atoms. The van der Waals surface area contributed by atoms with Crippen molar-refractivity contribution in [3.8, 4) is 0 Å². The van der Waals surface area contributed by atoms with Crippen LogP contribution in [0.15, 0.2) is 48.5 Å². The summed E-state index contributed by atoms with van der Waals surface area (Å²) in [6.45, 7) is 2.40. The highest BCUT2D eigenvalue weighted by molar-refractivity contribution is 7.89. The van der Waals surface area contributed by atoms with E-state index in [-0.39, 0.29) is 5.92 Å². The van der Waals surface area contributed by atoms with Crippen molar-refractivity contribution in [3.63, 3.8) is 0 Å². The van der Waals surface area contributed by atoms with E-state index in [1.165, 1.54) is 36.2 Å². The highest BCUT2D eigenvalue weighted by Crippen LogP contribution is 2.42. The van der Waals surface area contributed by atoms with Gasteiger partial charge in [0.1, 0.15) is 0 Å². The summed E-state index contributed by atoms with van der Waals surface area (Å²) in [6.07, 6.45) is 5.96. The molecule has 2 aromatic carbocycles. The van der Waals surface area contributed by atoms with Crippen LogP contribution in [0.4, 0.5) is 0 Å². The minimum Gasteiger partial charge on any atom is -0.299 e. The fourth-order valence-electron chi connectivity index (χ4n) is 5.30. The summed E-state index contributed by atoms with van der Waals surface area (Å²) in [5, 5.41) is 5.13. The van der Waals surface area contributed by atoms with Gasteiger partial charge in [-0.25, -0.2) is 13.6 Å². The van der Waals surface area contributed by atoms with Gasteiger partial charge in [-0.2, -0.15) is 0 Å². The van der Waals surface area contributed by atoms with Crippen LogP contribution in [0.25, 0.3) is 0 Å². The molecule has 1 saturated carbocycles. The molecular weight excluding hydrogens is 380 g/mol. The van der Waals surface area contributed by atoms with Crippen molar-refractivity contribution >= 4 is 10.0 Å². The summed E-state index contributed by atoms with van der Waals surface area (Å²) >= 11 is 0. The highest BCUT2D eigenvalue weighted by Gasteiger charge is 2.40. The molecule has 3 aliphatic rings. The Morgan fingerprint density at radius 1 is 1.03 bits per heavy atom. The van der Waals surface area contributed by atoms with E-state index in [2.05, 4.69) is 53.4 Å². The number of hydrogen-bond donors (Lipinski definition) is 1. The molecule has 1 heterocycles. The molecule has 2 N–H and O–H groups in total. The van der Waals surface area contributed by atoms with Crippen LogP contribution in [0, 0.1) is 5.92 Å². The van der Waals surface area contributed by atoms with Crippen molar-refractivity contribution in [2.24, 2.45) is 11.1 Å². The Balaban J connectivity index is 1.44. The van der Waals surface area contributed by atoms with E-state index in [1.807, 2.05) is 0 Å². The number of fused-ring (bicyclic) bond motifs is 1. The van der Waals surface area contributed by atoms with Crippen LogP contribution in [-0.2, 0) is 29.3 Å². The van der Waals surface area contributed by atoms with Gasteiger partial charge in [-0.05, 0) is 79.8 Å². The Hall–Kier alpha value is -1.69. The lowest BCUT2D eigenvalue weighted by molar-refractivity contribution is 0.106. The zero-order valence-corrected chi connectivity index (χ0v) is 17.7. The number of rotatable bonds is 7. The van der Waals surface area contributed by atoms with E-state index >= 15 is 0 Å². The predicted octanol–water partition coefficient (Wildman–Crippen LogP) is 3.25. The van der Waals surface area contributed by atoms with Gasteiger partial charge in [0.15, 0.2) is 0 Å². The van der Waals surface area contributed by atoms with Crippen molar-refractivity contribution in [1.29, 1.82) is 0 Å². The number of nitrogens with two attached hydrogens (primary N) is 1. The first-order valence-corrected chi connectivity index (χ1v) is 12.5. The Morgan fingerprint density at radius 3 is 2.41 bits per heavy atom. The topological polar surface area (TPSA) is 63.4 Å². The van der Waals surface area contributed by atoms with Crippen molar-refractivity contribution in [3.05, 3.63) is 70.8 Å². The summed E-state index contributed by atoms with van der Waals surface area (Å²) in [4.78, 5) is 2.63. The van der Waals surface area contributed by atoms with Gasteiger partial charge in [-0.1, -0.05) is 48.5 Å². The second-order valence-corrected chi connectivity index (χ2v) is 10.9. The maximum atomic E-state index is 12.1. The molecule has 2 fully saturated rings. The number of nitrogens with zero attached hydrogens (tertiary/aromatic N) is 1. The molecule has 5 rings (SSSR count). The molecule has 2 aliphatic carbocycles. The number of hydrogen-bond acceptors (Lipinski definition) is 3. The lowest BCUT2D eigenvalue weighted by Crippen LogP contribution is -2.47. The van der Waals surface area contributed by atoms with E-state index < -0.39 is 15.3 Å². The summed E-state index contributed by atoms with van der Waals surface area (Å²) in [6, 6.07) is 18.0. The molecule has 0 bridgehead atoms. The van der Waals surface area contributed by atoms with Crippen molar-refractivity contribution in [1.82, 2.24) is 4.90 Å². The molecule has 154 valence electrons. The van der Waals surface area contributed by atoms with Gasteiger partial charge in [-0.15, -0.1) is 0 Å². The SMILES string of the molecule is NS(=O)(=O)C(Cc1ccc2c(c1)C(Cc1ccccc1)C(N1CCC1)C2)C1CC1. The Kier molecular flexibility index (Phi) is 5.01. The summed E-state index contributed by atoms with van der Waals surface area (Å²) in [7, 11) is -3.50. The molecule has 4 nitrogen and oxygen atoms in total. The number of likely N-dealkylation sites (tertiary alicyclic amines) is 1. The Bertz CT molecular complexity index is 981. The van der Waals surface area contributed by atoms with Gasteiger partial charge in [0.2, 0.25) is 10.0 Å². The lowest BCUT2D eigenvalue weighted by atomic mass is 9.88. The second kappa shape index (κ2) is 7.53. The molecule has 3 atom stereocenters. The predicted molar refractivity (Wildman–Crippen MR) is 116 cm³/mol. The van der Waals surface area contributed by atoms with Crippen LogP contribution >= 0.6 is 0 Å². The maximum absolute atomic E-state index is 12.1. The van der Waals surface area contributed by atoms with Crippen LogP contribution in [0.5, 0.6) is 0 Å². The minimum absolute atomic E-state index is 0.243. The molecule has 1 aliphatic heterocycles. The van der Waals surface area contributed by atoms with Crippen LogP contribution in [0.1, 0.15) is 47.4 Å². The molecule has 0 amide bonds. The monoisotopic (exact) mass is 410 g/mol. The second-order valence-electron chi connectivity index (χ2n) is 9.16. The molecule has 3 unspecified atom stereocenters. The van der Waals surface area contributed by atoms with Gasteiger partial charge in [0.05, 0.1) is 5.25 Å². The highest BCUT2D eigenvalue weighted by atomic mass is 32.2. The average molecular weight is 411 g/mol. The van der Waals surface area contributed by atoms with Crippen LogP contribution < -0.4 is 5.14 Å². The third kappa shape index (κ3) is 4.00. The van der Waals surface area contributed by atoms with Gasteiger partial charge < -0.3 is 0 Å². The standard InChI is InChI=1S/C24H30N2O2S/c25-29(27,28)24(19-9-10-19)15-18-7-8-20-16-23(26-11-4-12-26)22(21(20)14-18)13-17-5-2-1-3-6-17/h1-3,5-8,14,19,22-24H,4,9-13,15-16H2,(H2,25,27,28).